The first-order chi connectivity index (χ1) is 26.2. The first-order valence-electron chi connectivity index (χ1n) is 17.8. The summed E-state index contributed by atoms with van der Waals surface area (Å²) in [5.74, 6) is 1.91. The molecule has 9 aromatic carbocycles. The van der Waals surface area contributed by atoms with Gasteiger partial charge in [0.15, 0.2) is 17.5 Å². The van der Waals surface area contributed by atoms with Gasteiger partial charge in [0.05, 0.1) is 0 Å². The predicted octanol–water partition coefficient (Wildman–Crippen LogP) is 13.1. The van der Waals surface area contributed by atoms with Crippen LogP contribution in [0, 0.1) is 0 Å². The summed E-state index contributed by atoms with van der Waals surface area (Å²) in [4.78, 5) is 15.3. The van der Waals surface area contributed by atoms with Crippen LogP contribution in [-0.4, -0.2) is 15.0 Å². The highest BCUT2D eigenvalue weighted by molar-refractivity contribution is 6.27. The Morgan fingerprint density at radius 2 is 0.906 bits per heavy atom. The maximum absolute atomic E-state index is 6.33. The van der Waals surface area contributed by atoms with Crippen molar-refractivity contribution >= 4 is 65.0 Å². The minimum atomic E-state index is 0.631. The van der Waals surface area contributed by atoms with Crippen molar-refractivity contribution in [3.8, 4) is 45.3 Å². The van der Waals surface area contributed by atoms with E-state index in [0.717, 1.165) is 60.5 Å². The van der Waals surface area contributed by atoms with Crippen molar-refractivity contribution in [3.63, 3.8) is 0 Å². The molecular weight excluding hydrogens is 647 g/mol. The van der Waals surface area contributed by atoms with Gasteiger partial charge >= 0.3 is 0 Å². The fourth-order valence-corrected chi connectivity index (χ4v) is 7.88. The molecule has 246 valence electrons. The van der Waals surface area contributed by atoms with Crippen molar-refractivity contribution < 1.29 is 4.42 Å². The molecule has 2 aromatic heterocycles. The van der Waals surface area contributed by atoms with E-state index in [1.165, 1.54) is 32.3 Å². The molecule has 4 heteroatoms. The third kappa shape index (κ3) is 4.88. The van der Waals surface area contributed by atoms with Crippen molar-refractivity contribution in [1.82, 2.24) is 15.0 Å². The topological polar surface area (TPSA) is 51.8 Å². The Hall–Kier alpha value is -7.17. The number of rotatable bonds is 4. The Morgan fingerprint density at radius 1 is 0.302 bits per heavy atom. The van der Waals surface area contributed by atoms with Gasteiger partial charge in [0.1, 0.15) is 11.2 Å². The molecule has 0 aliphatic carbocycles. The average Bonchev–Trinajstić information content (AvgIpc) is 3.62. The lowest BCUT2D eigenvalue weighted by atomic mass is 9.91. The van der Waals surface area contributed by atoms with E-state index in [1.54, 1.807) is 0 Å². The van der Waals surface area contributed by atoms with Gasteiger partial charge < -0.3 is 4.42 Å². The summed E-state index contributed by atoms with van der Waals surface area (Å²) in [5.41, 5.74) is 6.87. The van der Waals surface area contributed by atoms with Crippen molar-refractivity contribution in [2.75, 3.05) is 0 Å². The maximum Gasteiger partial charge on any atom is 0.164 e. The molecular formula is C49H29N3O. The number of para-hydroxylation sites is 1. The molecule has 0 saturated heterocycles. The fourth-order valence-electron chi connectivity index (χ4n) is 7.88. The summed E-state index contributed by atoms with van der Waals surface area (Å²) in [6.07, 6.45) is 0. The molecule has 53 heavy (non-hydrogen) atoms. The molecule has 0 atom stereocenters. The van der Waals surface area contributed by atoms with Crippen LogP contribution in [0.4, 0.5) is 0 Å². The smallest absolute Gasteiger partial charge is 0.164 e. The van der Waals surface area contributed by atoms with E-state index in [4.69, 9.17) is 19.4 Å². The molecule has 11 aromatic rings. The van der Waals surface area contributed by atoms with E-state index in [9.17, 15) is 0 Å². The Balaban J connectivity index is 1.15. The Morgan fingerprint density at radius 3 is 1.77 bits per heavy atom. The van der Waals surface area contributed by atoms with Crippen LogP contribution >= 0.6 is 0 Å². The van der Waals surface area contributed by atoms with Gasteiger partial charge in [-0.1, -0.05) is 140 Å². The van der Waals surface area contributed by atoms with Crippen LogP contribution in [0.3, 0.4) is 0 Å². The number of furan rings is 1. The molecule has 4 nitrogen and oxygen atoms in total. The van der Waals surface area contributed by atoms with Crippen molar-refractivity contribution in [2.45, 2.75) is 0 Å². The minimum absolute atomic E-state index is 0.631. The molecule has 0 aliphatic heterocycles. The second-order valence-electron chi connectivity index (χ2n) is 13.6. The Bertz CT molecular complexity index is 3240. The lowest BCUT2D eigenvalue weighted by molar-refractivity contribution is 0.669. The molecule has 0 saturated carbocycles. The molecule has 11 rings (SSSR count). The standard InChI is InChI=1S/C49H29N3O/c1-2-11-33(12-3-1)47-50-48(37-23-18-30-10-4-5-13-34(30)26-37)52-49(51-47)38-27-35-14-6-7-15-39(35)41(29-38)36-22-20-31-19-21-32-24-25-44-46(45(32)42(31)28-36)40-16-8-9-17-43(40)53-44/h1-29H. The van der Waals surface area contributed by atoms with Gasteiger partial charge in [-0.05, 0) is 85.2 Å². The minimum Gasteiger partial charge on any atom is -0.456 e. The largest absolute Gasteiger partial charge is 0.456 e. The van der Waals surface area contributed by atoms with E-state index in [2.05, 4.69) is 146 Å². The summed E-state index contributed by atoms with van der Waals surface area (Å²) in [5, 5.41) is 11.7. The molecule has 0 radical (unpaired) electrons. The quantitative estimate of drug-likeness (QED) is 0.174. The normalized spacial score (nSPS) is 11.8. The van der Waals surface area contributed by atoms with E-state index in [-0.39, 0.29) is 0 Å². The van der Waals surface area contributed by atoms with Crippen molar-refractivity contribution in [2.24, 2.45) is 0 Å². The van der Waals surface area contributed by atoms with Crippen LogP contribution in [0.5, 0.6) is 0 Å². The highest BCUT2D eigenvalue weighted by Gasteiger charge is 2.17. The molecule has 0 aliphatic rings. The van der Waals surface area contributed by atoms with Gasteiger partial charge in [0.2, 0.25) is 0 Å². The zero-order valence-electron chi connectivity index (χ0n) is 28.5. The van der Waals surface area contributed by atoms with Crippen LogP contribution in [0.15, 0.2) is 180 Å². The highest BCUT2D eigenvalue weighted by Crippen LogP contribution is 2.41. The number of fused-ring (bicyclic) bond motifs is 9. The maximum atomic E-state index is 6.33. The van der Waals surface area contributed by atoms with Gasteiger partial charge in [-0.15, -0.1) is 0 Å². The second kappa shape index (κ2) is 11.7. The molecule has 0 fully saturated rings. The third-order valence-electron chi connectivity index (χ3n) is 10.4. The van der Waals surface area contributed by atoms with Gasteiger partial charge in [-0.2, -0.15) is 0 Å². The monoisotopic (exact) mass is 675 g/mol. The SMILES string of the molecule is c1ccc(-c2nc(-c3ccc4ccccc4c3)nc(-c3cc(-c4ccc5ccc6ccc7oc8ccccc8c7c6c5c4)c4ccccc4c3)n2)cc1. The lowest BCUT2D eigenvalue weighted by Gasteiger charge is -2.14. The Labute approximate surface area is 304 Å². The molecule has 0 N–H and O–H groups in total. The van der Waals surface area contributed by atoms with E-state index >= 15 is 0 Å². The first-order valence-corrected chi connectivity index (χ1v) is 17.8. The summed E-state index contributed by atoms with van der Waals surface area (Å²) in [6.45, 7) is 0. The zero-order valence-corrected chi connectivity index (χ0v) is 28.5. The molecule has 0 bridgehead atoms. The van der Waals surface area contributed by atoms with Gasteiger partial charge in [-0.3, -0.25) is 0 Å². The molecule has 0 spiro atoms. The fraction of sp³-hybridized carbons (Fsp3) is 0. The van der Waals surface area contributed by atoms with E-state index in [1.807, 2.05) is 30.3 Å². The molecule has 2 heterocycles. The number of hydrogen-bond acceptors (Lipinski definition) is 4. The number of benzene rings is 9. The molecule has 0 amide bonds. The third-order valence-corrected chi connectivity index (χ3v) is 10.4. The lowest BCUT2D eigenvalue weighted by Crippen LogP contribution is -2.00. The number of aromatic nitrogens is 3. The molecule has 0 unspecified atom stereocenters. The Kier molecular flexibility index (Phi) is 6.52. The van der Waals surface area contributed by atoms with E-state index < -0.39 is 0 Å². The van der Waals surface area contributed by atoms with Gasteiger partial charge in [0.25, 0.3) is 0 Å². The summed E-state index contributed by atoms with van der Waals surface area (Å²) in [6, 6.07) is 61.8. The summed E-state index contributed by atoms with van der Waals surface area (Å²) in [7, 11) is 0. The second-order valence-corrected chi connectivity index (χ2v) is 13.6. The number of hydrogen-bond donors (Lipinski definition) is 0. The van der Waals surface area contributed by atoms with Crippen LogP contribution in [0.1, 0.15) is 0 Å². The van der Waals surface area contributed by atoms with Gasteiger partial charge in [-0.25, -0.2) is 15.0 Å². The van der Waals surface area contributed by atoms with Crippen molar-refractivity contribution in [1.29, 1.82) is 0 Å². The van der Waals surface area contributed by atoms with Crippen LogP contribution in [-0.2, 0) is 0 Å². The van der Waals surface area contributed by atoms with Crippen LogP contribution in [0.25, 0.3) is 110 Å². The predicted molar refractivity (Wildman–Crippen MR) is 219 cm³/mol. The van der Waals surface area contributed by atoms with Gasteiger partial charge in [0, 0.05) is 32.8 Å². The van der Waals surface area contributed by atoms with Crippen LogP contribution in [0.2, 0.25) is 0 Å². The summed E-state index contributed by atoms with van der Waals surface area (Å²) < 4.78 is 6.33. The van der Waals surface area contributed by atoms with E-state index in [0.29, 0.717) is 17.5 Å². The average molecular weight is 676 g/mol. The first kappa shape index (κ1) is 29.5. The number of nitrogens with zero attached hydrogens (tertiary/aromatic N) is 3. The zero-order chi connectivity index (χ0) is 34.9. The van der Waals surface area contributed by atoms with Crippen molar-refractivity contribution in [3.05, 3.63) is 176 Å². The van der Waals surface area contributed by atoms with Crippen LogP contribution < -0.4 is 0 Å². The highest BCUT2D eigenvalue weighted by atomic mass is 16.3. The summed E-state index contributed by atoms with van der Waals surface area (Å²) >= 11 is 0.